The van der Waals surface area contributed by atoms with E-state index in [1.165, 1.54) is 12.8 Å². The molecule has 0 saturated heterocycles. The monoisotopic (exact) mass is 255 g/mol. The number of nitrogens with two attached hydrogens (primary N) is 1. The molecule has 1 saturated carbocycles. The zero-order chi connectivity index (χ0) is 12.6. The van der Waals surface area contributed by atoms with Gasteiger partial charge in [0.15, 0.2) is 0 Å². The van der Waals surface area contributed by atoms with Crippen LogP contribution in [0.4, 0.5) is 0 Å². The Bertz CT molecular complexity index is 409. The Balaban J connectivity index is 2.25. The van der Waals surface area contributed by atoms with Gasteiger partial charge in [-0.3, -0.25) is 4.68 Å². The Labute approximate surface area is 108 Å². The summed E-state index contributed by atoms with van der Waals surface area (Å²) in [6.45, 7) is 5.08. The van der Waals surface area contributed by atoms with Gasteiger partial charge in [0.05, 0.1) is 16.4 Å². The molecule has 2 rings (SSSR count). The summed E-state index contributed by atoms with van der Waals surface area (Å²) in [5, 5.41) is 5.31. The third kappa shape index (κ3) is 2.36. The van der Waals surface area contributed by atoms with E-state index in [0.717, 1.165) is 41.7 Å². The average Bonchev–Trinajstić information content (AvgIpc) is 3.12. The fourth-order valence-electron chi connectivity index (χ4n) is 2.56. The lowest BCUT2D eigenvalue weighted by atomic mass is 9.80. The lowest BCUT2D eigenvalue weighted by molar-refractivity contribution is 0.275. The molecule has 1 fully saturated rings. The fraction of sp³-hybridized carbons (Fsp3) is 0.769. The average molecular weight is 256 g/mol. The van der Waals surface area contributed by atoms with Crippen LogP contribution in [0.1, 0.15) is 38.1 Å². The first-order chi connectivity index (χ1) is 8.01. The maximum absolute atomic E-state index is 6.39. The molecule has 0 bridgehead atoms. The second-order valence-electron chi connectivity index (χ2n) is 5.49. The van der Waals surface area contributed by atoms with Crippen LogP contribution < -0.4 is 5.73 Å². The molecule has 1 aromatic rings. The molecule has 1 aliphatic rings. The molecule has 0 amide bonds. The summed E-state index contributed by atoms with van der Waals surface area (Å²) in [6.07, 6.45) is 4.44. The van der Waals surface area contributed by atoms with Crippen LogP contribution in [0.3, 0.4) is 0 Å². The van der Waals surface area contributed by atoms with Gasteiger partial charge in [0, 0.05) is 7.05 Å². The predicted octanol–water partition coefficient (Wildman–Crippen LogP) is 2.55. The van der Waals surface area contributed by atoms with Crippen LogP contribution in [0.25, 0.3) is 0 Å². The Morgan fingerprint density at radius 2 is 2.18 bits per heavy atom. The van der Waals surface area contributed by atoms with Crippen molar-refractivity contribution in [2.45, 2.75) is 39.5 Å². The molecular formula is C13H22ClN3. The Morgan fingerprint density at radius 1 is 1.53 bits per heavy atom. The SMILES string of the molecule is CCc1nn(C)c(CC(C)(CN)C2CC2)c1Cl. The van der Waals surface area contributed by atoms with Gasteiger partial charge in [-0.15, -0.1) is 0 Å². The standard InChI is InChI=1S/C13H22ClN3/c1-4-10-12(14)11(17(3)16-10)7-13(2,8-15)9-5-6-9/h9H,4-8,15H2,1-3H3. The predicted molar refractivity (Wildman–Crippen MR) is 71.2 cm³/mol. The molecule has 96 valence electrons. The van der Waals surface area contributed by atoms with Crippen LogP contribution in [0, 0.1) is 11.3 Å². The summed E-state index contributed by atoms with van der Waals surface area (Å²) in [5.74, 6) is 0.767. The zero-order valence-electron chi connectivity index (χ0n) is 11.0. The Hall–Kier alpha value is -0.540. The smallest absolute Gasteiger partial charge is 0.0849 e. The van der Waals surface area contributed by atoms with Gasteiger partial charge in [-0.05, 0) is 43.6 Å². The molecule has 3 nitrogen and oxygen atoms in total. The summed E-state index contributed by atoms with van der Waals surface area (Å²) in [7, 11) is 1.98. The van der Waals surface area contributed by atoms with Crippen molar-refractivity contribution in [1.82, 2.24) is 9.78 Å². The normalized spacial score (nSPS) is 19.4. The lowest BCUT2D eigenvalue weighted by Gasteiger charge is -2.28. The zero-order valence-corrected chi connectivity index (χ0v) is 11.7. The van der Waals surface area contributed by atoms with E-state index < -0.39 is 0 Å². The van der Waals surface area contributed by atoms with Crippen LogP contribution in [0.5, 0.6) is 0 Å². The topological polar surface area (TPSA) is 43.8 Å². The first-order valence-electron chi connectivity index (χ1n) is 6.42. The van der Waals surface area contributed by atoms with E-state index in [0.29, 0.717) is 0 Å². The molecule has 1 heterocycles. The first kappa shape index (κ1) is 12.9. The maximum Gasteiger partial charge on any atom is 0.0849 e. The van der Waals surface area contributed by atoms with Crippen molar-refractivity contribution in [3.05, 3.63) is 16.4 Å². The number of halogens is 1. The summed E-state index contributed by atoms with van der Waals surface area (Å²) < 4.78 is 1.93. The van der Waals surface area contributed by atoms with Gasteiger partial charge in [-0.25, -0.2) is 0 Å². The van der Waals surface area contributed by atoms with Crippen molar-refractivity contribution in [3.63, 3.8) is 0 Å². The molecule has 2 N–H and O–H groups in total. The lowest BCUT2D eigenvalue weighted by Crippen LogP contribution is -2.32. The number of nitrogens with zero attached hydrogens (tertiary/aromatic N) is 2. The molecule has 17 heavy (non-hydrogen) atoms. The molecule has 4 heteroatoms. The molecule has 1 unspecified atom stereocenters. The van der Waals surface area contributed by atoms with Gasteiger partial charge >= 0.3 is 0 Å². The van der Waals surface area contributed by atoms with Gasteiger partial charge in [0.25, 0.3) is 0 Å². The number of rotatable bonds is 5. The second kappa shape index (κ2) is 4.62. The van der Waals surface area contributed by atoms with Gasteiger partial charge < -0.3 is 5.73 Å². The number of hydrogen-bond donors (Lipinski definition) is 1. The fourth-order valence-corrected chi connectivity index (χ4v) is 2.92. The van der Waals surface area contributed by atoms with Crippen LogP contribution in [0.15, 0.2) is 0 Å². The summed E-state index contributed by atoms with van der Waals surface area (Å²) >= 11 is 6.39. The van der Waals surface area contributed by atoms with Crippen LogP contribution in [-0.2, 0) is 19.9 Å². The third-order valence-electron chi connectivity index (χ3n) is 4.10. The Morgan fingerprint density at radius 3 is 2.59 bits per heavy atom. The highest BCUT2D eigenvalue weighted by Gasteiger charge is 2.41. The van der Waals surface area contributed by atoms with E-state index in [1.807, 2.05) is 11.7 Å². The molecule has 0 radical (unpaired) electrons. The van der Waals surface area contributed by atoms with E-state index in [2.05, 4.69) is 18.9 Å². The van der Waals surface area contributed by atoms with Gasteiger partial charge in [-0.1, -0.05) is 25.4 Å². The minimum atomic E-state index is 0.183. The summed E-state index contributed by atoms with van der Waals surface area (Å²) in [4.78, 5) is 0. The number of hydrogen-bond acceptors (Lipinski definition) is 2. The number of aromatic nitrogens is 2. The van der Waals surface area contributed by atoms with Crippen molar-refractivity contribution in [1.29, 1.82) is 0 Å². The highest BCUT2D eigenvalue weighted by molar-refractivity contribution is 6.31. The maximum atomic E-state index is 6.39. The van der Waals surface area contributed by atoms with Crippen molar-refractivity contribution in [2.24, 2.45) is 24.1 Å². The minimum absolute atomic E-state index is 0.183. The molecule has 0 aromatic carbocycles. The van der Waals surface area contributed by atoms with Crippen LogP contribution in [-0.4, -0.2) is 16.3 Å². The molecule has 0 spiro atoms. The summed E-state index contributed by atoms with van der Waals surface area (Å²) in [5.41, 5.74) is 8.29. The van der Waals surface area contributed by atoms with E-state index in [9.17, 15) is 0 Å². The van der Waals surface area contributed by atoms with E-state index in [1.54, 1.807) is 0 Å². The van der Waals surface area contributed by atoms with Crippen molar-refractivity contribution >= 4 is 11.6 Å². The van der Waals surface area contributed by atoms with Crippen LogP contribution in [0.2, 0.25) is 5.02 Å². The van der Waals surface area contributed by atoms with E-state index >= 15 is 0 Å². The molecule has 1 aromatic heterocycles. The highest BCUT2D eigenvalue weighted by Crippen LogP contribution is 2.47. The van der Waals surface area contributed by atoms with Crippen molar-refractivity contribution in [2.75, 3.05) is 6.54 Å². The second-order valence-corrected chi connectivity index (χ2v) is 5.87. The van der Waals surface area contributed by atoms with Crippen molar-refractivity contribution < 1.29 is 0 Å². The highest BCUT2D eigenvalue weighted by atomic mass is 35.5. The van der Waals surface area contributed by atoms with E-state index in [4.69, 9.17) is 17.3 Å². The van der Waals surface area contributed by atoms with Gasteiger partial charge in [-0.2, -0.15) is 5.10 Å². The molecule has 1 aliphatic carbocycles. The minimum Gasteiger partial charge on any atom is -0.330 e. The third-order valence-corrected chi connectivity index (χ3v) is 4.54. The molecule has 1 atom stereocenters. The number of aryl methyl sites for hydroxylation is 2. The molecular weight excluding hydrogens is 234 g/mol. The van der Waals surface area contributed by atoms with Gasteiger partial charge in [0.2, 0.25) is 0 Å². The largest absolute Gasteiger partial charge is 0.330 e. The van der Waals surface area contributed by atoms with E-state index in [-0.39, 0.29) is 5.41 Å². The summed E-state index contributed by atoms with van der Waals surface area (Å²) in [6, 6.07) is 0. The van der Waals surface area contributed by atoms with Crippen LogP contribution >= 0.6 is 11.6 Å². The van der Waals surface area contributed by atoms with Gasteiger partial charge in [0.1, 0.15) is 0 Å². The Kier molecular flexibility index (Phi) is 3.50. The first-order valence-corrected chi connectivity index (χ1v) is 6.80. The molecule has 0 aliphatic heterocycles. The quantitative estimate of drug-likeness (QED) is 0.879. The van der Waals surface area contributed by atoms with Crippen molar-refractivity contribution in [3.8, 4) is 0 Å².